The lowest BCUT2D eigenvalue weighted by atomic mass is 9.85. The van der Waals surface area contributed by atoms with Crippen LogP contribution >= 0.6 is 0 Å². The molecule has 19 heavy (non-hydrogen) atoms. The minimum Gasteiger partial charge on any atom is -0.481 e. The van der Waals surface area contributed by atoms with Crippen LogP contribution in [-0.4, -0.2) is 29.8 Å². The number of aliphatic carboxylic acids is 1. The molecular weight excluding hydrogens is 265 g/mol. The normalized spacial score (nSPS) is 14.8. The Morgan fingerprint density at radius 1 is 1.21 bits per heavy atom. The van der Waals surface area contributed by atoms with E-state index in [1.54, 1.807) is 13.8 Å². The molecule has 0 aromatic carbocycles. The highest BCUT2D eigenvalue weighted by Crippen LogP contribution is 2.37. The van der Waals surface area contributed by atoms with Crippen molar-refractivity contribution in [3.63, 3.8) is 0 Å². The highest BCUT2D eigenvalue weighted by Gasteiger charge is 2.48. The lowest BCUT2D eigenvalue weighted by molar-refractivity contribution is -0.203. The zero-order valence-electron chi connectivity index (χ0n) is 11.0. The highest BCUT2D eigenvalue weighted by molar-refractivity contribution is 5.74. The number of ether oxygens (including phenoxy) is 1. The van der Waals surface area contributed by atoms with Crippen molar-refractivity contribution in [2.24, 2.45) is 11.8 Å². The molecular formula is C12H19F3O4. The first-order chi connectivity index (χ1) is 8.73. The molecule has 0 bridgehead atoms. The molecule has 0 saturated heterocycles. The van der Waals surface area contributed by atoms with Crippen LogP contribution < -0.4 is 0 Å². The van der Waals surface area contributed by atoms with Gasteiger partial charge in [0.15, 0.2) is 0 Å². The van der Waals surface area contributed by atoms with E-state index >= 15 is 0 Å². The summed E-state index contributed by atoms with van der Waals surface area (Å²) in [5, 5.41) is 8.87. The predicted octanol–water partition coefficient (Wildman–Crippen LogP) is 3.01. The third kappa shape index (κ3) is 6.45. The maximum absolute atomic E-state index is 12.9. The van der Waals surface area contributed by atoms with Crippen molar-refractivity contribution in [2.45, 2.75) is 45.7 Å². The number of hydrogen-bond acceptors (Lipinski definition) is 3. The number of alkyl halides is 3. The second kappa shape index (κ2) is 8.01. The second-order valence-electron chi connectivity index (χ2n) is 4.31. The van der Waals surface area contributed by atoms with Crippen LogP contribution in [0.4, 0.5) is 13.2 Å². The van der Waals surface area contributed by atoms with Gasteiger partial charge < -0.3 is 9.84 Å². The Labute approximate surface area is 109 Å². The monoisotopic (exact) mass is 284 g/mol. The fourth-order valence-corrected chi connectivity index (χ4v) is 1.75. The molecule has 0 heterocycles. The van der Waals surface area contributed by atoms with Gasteiger partial charge in [-0.3, -0.25) is 9.59 Å². The lowest BCUT2D eigenvalue weighted by Crippen LogP contribution is -2.37. The number of carbonyl (C=O) groups is 2. The van der Waals surface area contributed by atoms with Crippen molar-refractivity contribution in [3.8, 4) is 0 Å². The highest BCUT2D eigenvalue weighted by atomic mass is 19.4. The summed E-state index contributed by atoms with van der Waals surface area (Å²) in [6.07, 6.45) is -5.00. The first-order valence-corrected chi connectivity index (χ1v) is 6.19. The van der Waals surface area contributed by atoms with Gasteiger partial charge >= 0.3 is 18.1 Å². The summed E-state index contributed by atoms with van der Waals surface area (Å²) in [6.45, 7) is 3.35. The Bertz CT molecular complexity index is 302. The van der Waals surface area contributed by atoms with Gasteiger partial charge in [0.05, 0.1) is 24.9 Å². The summed E-state index contributed by atoms with van der Waals surface area (Å²) in [6, 6.07) is 0. The number of rotatable bonds is 8. The number of esters is 1. The van der Waals surface area contributed by atoms with Crippen LogP contribution in [-0.2, 0) is 14.3 Å². The van der Waals surface area contributed by atoms with E-state index in [0.717, 1.165) is 0 Å². The molecule has 0 aliphatic rings. The predicted molar refractivity (Wildman–Crippen MR) is 61.4 cm³/mol. The third-order valence-corrected chi connectivity index (χ3v) is 2.68. The smallest absolute Gasteiger partial charge is 0.393 e. The molecule has 0 aromatic heterocycles. The van der Waals surface area contributed by atoms with Crippen LogP contribution in [0, 0.1) is 11.8 Å². The summed E-state index contributed by atoms with van der Waals surface area (Å²) in [5.74, 6) is -6.35. The Balaban J connectivity index is 4.89. The number of carboxylic acid groups (broad SMARTS) is 1. The molecule has 2 unspecified atom stereocenters. The Morgan fingerprint density at radius 2 is 1.79 bits per heavy atom. The van der Waals surface area contributed by atoms with E-state index in [9.17, 15) is 22.8 Å². The summed E-state index contributed by atoms with van der Waals surface area (Å²) in [4.78, 5) is 22.2. The zero-order chi connectivity index (χ0) is 15.1. The zero-order valence-corrected chi connectivity index (χ0v) is 11.0. The molecule has 0 aliphatic carbocycles. The summed E-state index contributed by atoms with van der Waals surface area (Å²) < 4.78 is 43.2. The van der Waals surface area contributed by atoms with E-state index in [1.807, 2.05) is 0 Å². The summed E-state index contributed by atoms with van der Waals surface area (Å²) in [7, 11) is 0. The third-order valence-electron chi connectivity index (χ3n) is 2.68. The maximum atomic E-state index is 12.9. The molecule has 2 atom stereocenters. The summed E-state index contributed by atoms with van der Waals surface area (Å²) in [5.41, 5.74) is 0. The average Bonchev–Trinajstić information content (AvgIpc) is 2.29. The van der Waals surface area contributed by atoms with E-state index in [0.29, 0.717) is 12.8 Å². The maximum Gasteiger partial charge on any atom is 0.393 e. The van der Waals surface area contributed by atoms with Gasteiger partial charge in [-0.15, -0.1) is 0 Å². The fraction of sp³-hybridized carbons (Fsp3) is 0.833. The van der Waals surface area contributed by atoms with Crippen LogP contribution in [0.5, 0.6) is 0 Å². The molecule has 0 saturated carbocycles. The van der Waals surface area contributed by atoms with E-state index in [-0.39, 0.29) is 13.0 Å². The molecule has 0 amide bonds. The van der Waals surface area contributed by atoms with Crippen molar-refractivity contribution < 1.29 is 32.6 Å². The molecule has 112 valence electrons. The SMILES string of the molecule is CCCOC(=O)CC(C(CCC)C(=O)O)C(F)(F)F. The van der Waals surface area contributed by atoms with E-state index < -0.39 is 36.4 Å². The topological polar surface area (TPSA) is 63.6 Å². The van der Waals surface area contributed by atoms with E-state index in [1.165, 1.54) is 0 Å². The van der Waals surface area contributed by atoms with Crippen molar-refractivity contribution in [1.82, 2.24) is 0 Å². The fourth-order valence-electron chi connectivity index (χ4n) is 1.75. The van der Waals surface area contributed by atoms with Gasteiger partial charge in [-0.2, -0.15) is 13.2 Å². The minimum absolute atomic E-state index is 0.0366. The average molecular weight is 284 g/mol. The van der Waals surface area contributed by atoms with Crippen LogP contribution in [0.2, 0.25) is 0 Å². The van der Waals surface area contributed by atoms with Gasteiger partial charge in [-0.1, -0.05) is 20.3 Å². The lowest BCUT2D eigenvalue weighted by Gasteiger charge is -2.25. The van der Waals surface area contributed by atoms with Crippen LogP contribution in [0.25, 0.3) is 0 Å². The first kappa shape index (κ1) is 17.7. The molecule has 7 heteroatoms. The Morgan fingerprint density at radius 3 is 2.16 bits per heavy atom. The Hall–Kier alpha value is -1.27. The van der Waals surface area contributed by atoms with E-state index in [4.69, 9.17) is 5.11 Å². The largest absolute Gasteiger partial charge is 0.481 e. The summed E-state index contributed by atoms with van der Waals surface area (Å²) >= 11 is 0. The Kier molecular flexibility index (Phi) is 7.48. The van der Waals surface area contributed by atoms with Gasteiger partial charge in [0, 0.05) is 0 Å². The number of carbonyl (C=O) groups excluding carboxylic acids is 1. The number of halogens is 3. The molecule has 0 fully saturated rings. The molecule has 0 aromatic rings. The molecule has 0 radical (unpaired) electrons. The van der Waals surface area contributed by atoms with Gasteiger partial charge in [0.25, 0.3) is 0 Å². The van der Waals surface area contributed by atoms with Crippen molar-refractivity contribution in [3.05, 3.63) is 0 Å². The molecule has 0 aliphatic heterocycles. The standard InChI is InChI=1S/C12H19F3O4/c1-3-5-8(11(17)18)9(12(13,14)15)7-10(16)19-6-4-2/h8-9H,3-7H2,1-2H3,(H,17,18). The van der Waals surface area contributed by atoms with Crippen LogP contribution in [0.15, 0.2) is 0 Å². The molecule has 4 nitrogen and oxygen atoms in total. The van der Waals surface area contributed by atoms with Gasteiger partial charge in [0.2, 0.25) is 0 Å². The number of carboxylic acids is 1. The van der Waals surface area contributed by atoms with Crippen LogP contribution in [0.3, 0.4) is 0 Å². The van der Waals surface area contributed by atoms with Gasteiger partial charge in [-0.05, 0) is 12.8 Å². The van der Waals surface area contributed by atoms with Gasteiger partial charge in [-0.25, -0.2) is 0 Å². The molecule has 1 N–H and O–H groups in total. The van der Waals surface area contributed by atoms with Crippen molar-refractivity contribution >= 4 is 11.9 Å². The van der Waals surface area contributed by atoms with E-state index in [2.05, 4.69) is 4.74 Å². The van der Waals surface area contributed by atoms with Crippen molar-refractivity contribution in [2.75, 3.05) is 6.61 Å². The van der Waals surface area contributed by atoms with Crippen LogP contribution in [0.1, 0.15) is 39.5 Å². The quantitative estimate of drug-likeness (QED) is 0.696. The molecule has 0 rings (SSSR count). The first-order valence-electron chi connectivity index (χ1n) is 6.19. The minimum atomic E-state index is -4.73. The van der Waals surface area contributed by atoms with Gasteiger partial charge in [0.1, 0.15) is 0 Å². The number of hydrogen-bond donors (Lipinski definition) is 1. The second-order valence-corrected chi connectivity index (χ2v) is 4.31. The molecule has 0 spiro atoms. The van der Waals surface area contributed by atoms with Crippen molar-refractivity contribution in [1.29, 1.82) is 0 Å².